The summed E-state index contributed by atoms with van der Waals surface area (Å²) in [6.07, 6.45) is 3.33. The van der Waals surface area contributed by atoms with Gasteiger partial charge in [-0.25, -0.2) is 22.6 Å². The summed E-state index contributed by atoms with van der Waals surface area (Å²) >= 11 is 0. The maximum atomic E-state index is 13.8. The van der Waals surface area contributed by atoms with Crippen LogP contribution in [0.15, 0.2) is 47.5 Å². The molecule has 1 aliphatic heterocycles. The topological polar surface area (TPSA) is 91.4 Å². The van der Waals surface area contributed by atoms with Crippen molar-refractivity contribution >= 4 is 27.4 Å². The second-order valence-corrected chi connectivity index (χ2v) is 8.15. The average Bonchev–Trinajstić information content (AvgIpc) is 3.03. The molecule has 2 N–H and O–H groups in total. The van der Waals surface area contributed by atoms with Gasteiger partial charge in [-0.05, 0) is 42.8 Å². The van der Waals surface area contributed by atoms with E-state index < -0.39 is 15.9 Å². The Morgan fingerprint density at radius 1 is 1.27 bits per heavy atom. The molecule has 0 bridgehead atoms. The second-order valence-electron chi connectivity index (χ2n) is 6.14. The smallest absolute Gasteiger partial charge is 0.319 e. The van der Waals surface area contributed by atoms with E-state index in [2.05, 4.69) is 15.6 Å². The Bertz CT molecular complexity index is 902. The van der Waals surface area contributed by atoms with Crippen LogP contribution in [0.4, 0.5) is 20.7 Å². The summed E-state index contributed by atoms with van der Waals surface area (Å²) in [5.74, 6) is -0.0999. The fourth-order valence-electron chi connectivity index (χ4n) is 2.82. The largest absolute Gasteiger partial charge is 0.352 e. The number of anilines is 2. The Morgan fingerprint density at radius 2 is 2.00 bits per heavy atom. The number of carbonyl (C=O) groups excluding carboxylic acids is 1. The highest BCUT2D eigenvalue weighted by atomic mass is 32.2. The van der Waals surface area contributed by atoms with Crippen molar-refractivity contribution in [2.24, 2.45) is 0 Å². The molecule has 1 saturated heterocycles. The summed E-state index contributed by atoms with van der Waals surface area (Å²) < 4.78 is 36.7. The number of carbonyl (C=O) groups is 1. The molecule has 2 amide bonds. The van der Waals surface area contributed by atoms with E-state index in [-0.39, 0.29) is 22.6 Å². The zero-order valence-electron chi connectivity index (χ0n) is 14.1. The summed E-state index contributed by atoms with van der Waals surface area (Å²) in [5, 5.41) is 5.49. The molecule has 0 unspecified atom stereocenters. The van der Waals surface area contributed by atoms with Gasteiger partial charge < -0.3 is 15.5 Å². The van der Waals surface area contributed by atoms with Gasteiger partial charge in [0.2, 0.25) is 0 Å². The van der Waals surface area contributed by atoms with Crippen LogP contribution in [0, 0.1) is 5.82 Å². The number of aromatic nitrogens is 1. The average molecular weight is 378 g/mol. The number of nitrogens with zero attached hydrogens (tertiary/aromatic N) is 2. The summed E-state index contributed by atoms with van der Waals surface area (Å²) in [6.45, 7) is 1.07. The lowest BCUT2D eigenvalue weighted by molar-refractivity contribution is 0.249. The highest BCUT2D eigenvalue weighted by molar-refractivity contribution is 7.90. The molecule has 1 aliphatic rings. The van der Waals surface area contributed by atoms with Crippen molar-refractivity contribution in [3.8, 4) is 0 Å². The van der Waals surface area contributed by atoms with E-state index in [1.165, 1.54) is 42.6 Å². The number of hydrogen-bond acceptors (Lipinski definition) is 5. The number of nitrogens with one attached hydrogen (secondary N) is 2. The van der Waals surface area contributed by atoms with E-state index in [0.29, 0.717) is 25.2 Å². The van der Waals surface area contributed by atoms with Gasteiger partial charge in [0, 0.05) is 37.3 Å². The SMILES string of the molecule is CS(=O)(=O)c1ccc(NC(=O)N[C@@H]2CCN(c3ncccc3F)C2)cc1. The lowest BCUT2D eigenvalue weighted by Gasteiger charge is -2.18. The van der Waals surface area contributed by atoms with Crippen LogP contribution in [0.2, 0.25) is 0 Å². The van der Waals surface area contributed by atoms with Crippen LogP contribution in [0.25, 0.3) is 0 Å². The first-order valence-corrected chi connectivity index (χ1v) is 9.95. The van der Waals surface area contributed by atoms with Crippen LogP contribution in [0.1, 0.15) is 6.42 Å². The third-order valence-corrected chi connectivity index (χ3v) is 5.23. The van der Waals surface area contributed by atoms with Crippen molar-refractivity contribution in [2.75, 3.05) is 29.6 Å². The van der Waals surface area contributed by atoms with Crippen LogP contribution in [-0.2, 0) is 9.84 Å². The van der Waals surface area contributed by atoms with Crippen molar-refractivity contribution in [2.45, 2.75) is 17.4 Å². The predicted octanol–water partition coefficient (Wildman–Crippen LogP) is 2.02. The van der Waals surface area contributed by atoms with Crippen molar-refractivity contribution < 1.29 is 17.6 Å². The molecule has 0 spiro atoms. The predicted molar refractivity (Wildman–Crippen MR) is 96.5 cm³/mol. The second kappa shape index (κ2) is 7.28. The van der Waals surface area contributed by atoms with Crippen molar-refractivity contribution in [1.82, 2.24) is 10.3 Å². The van der Waals surface area contributed by atoms with Crippen molar-refractivity contribution in [1.29, 1.82) is 0 Å². The van der Waals surface area contributed by atoms with Crippen LogP contribution < -0.4 is 15.5 Å². The van der Waals surface area contributed by atoms with Crippen LogP contribution in [0.5, 0.6) is 0 Å². The van der Waals surface area contributed by atoms with Gasteiger partial charge in [-0.15, -0.1) is 0 Å². The minimum Gasteiger partial charge on any atom is -0.352 e. The van der Waals surface area contributed by atoms with E-state index >= 15 is 0 Å². The molecule has 0 radical (unpaired) electrons. The summed E-state index contributed by atoms with van der Waals surface area (Å²) in [7, 11) is -3.27. The highest BCUT2D eigenvalue weighted by Gasteiger charge is 2.26. The molecule has 1 atom stereocenters. The van der Waals surface area contributed by atoms with Crippen LogP contribution >= 0.6 is 0 Å². The number of sulfone groups is 1. The van der Waals surface area contributed by atoms with Crippen LogP contribution in [-0.4, -0.2) is 44.8 Å². The zero-order valence-corrected chi connectivity index (χ0v) is 15.0. The maximum absolute atomic E-state index is 13.8. The molecule has 26 heavy (non-hydrogen) atoms. The fraction of sp³-hybridized carbons (Fsp3) is 0.294. The molecule has 3 rings (SSSR count). The van der Waals surface area contributed by atoms with Gasteiger partial charge in [-0.1, -0.05) is 0 Å². The van der Waals surface area contributed by atoms with Gasteiger partial charge in [0.05, 0.1) is 4.90 Å². The molecule has 0 saturated carbocycles. The number of urea groups is 1. The molecule has 9 heteroatoms. The third kappa shape index (κ3) is 4.29. The molecule has 1 aromatic carbocycles. The van der Waals surface area contributed by atoms with Gasteiger partial charge in [-0.3, -0.25) is 0 Å². The van der Waals surface area contributed by atoms with Gasteiger partial charge in [-0.2, -0.15) is 0 Å². The number of amides is 2. The van der Waals surface area contributed by atoms with Gasteiger partial charge in [0.15, 0.2) is 21.5 Å². The first kappa shape index (κ1) is 18.1. The molecule has 138 valence electrons. The minimum absolute atomic E-state index is 0.133. The highest BCUT2D eigenvalue weighted by Crippen LogP contribution is 2.21. The normalized spacial score (nSPS) is 17.2. The van der Waals surface area contributed by atoms with E-state index in [1.54, 1.807) is 4.90 Å². The Labute approximate surface area is 151 Å². The minimum atomic E-state index is -3.27. The Morgan fingerprint density at radius 3 is 2.65 bits per heavy atom. The molecular weight excluding hydrogens is 359 g/mol. The maximum Gasteiger partial charge on any atom is 0.319 e. The van der Waals surface area contributed by atoms with Gasteiger partial charge in [0.25, 0.3) is 0 Å². The van der Waals surface area contributed by atoms with E-state index in [1.807, 2.05) is 0 Å². The molecule has 2 aromatic rings. The van der Waals surface area contributed by atoms with E-state index in [9.17, 15) is 17.6 Å². The standard InChI is InChI=1S/C17H19FN4O3S/c1-26(24,25)14-6-4-12(5-7-14)20-17(23)21-13-8-10-22(11-13)16-15(18)3-2-9-19-16/h2-7,9,13H,8,10-11H2,1H3,(H2,20,21,23)/t13-/m1/s1. The monoisotopic (exact) mass is 378 g/mol. The molecule has 1 fully saturated rings. The zero-order chi connectivity index (χ0) is 18.7. The first-order valence-electron chi connectivity index (χ1n) is 8.06. The van der Waals surface area contributed by atoms with Crippen molar-refractivity contribution in [3.05, 3.63) is 48.4 Å². The molecular formula is C17H19FN4O3S. The fourth-order valence-corrected chi connectivity index (χ4v) is 3.45. The molecule has 1 aromatic heterocycles. The lowest BCUT2D eigenvalue weighted by Crippen LogP contribution is -2.39. The van der Waals surface area contributed by atoms with Crippen molar-refractivity contribution in [3.63, 3.8) is 0 Å². The Kier molecular flexibility index (Phi) is 5.08. The van der Waals surface area contributed by atoms with Crippen LogP contribution in [0.3, 0.4) is 0 Å². The molecule has 7 nitrogen and oxygen atoms in total. The summed E-state index contributed by atoms with van der Waals surface area (Å²) in [6, 6.07) is 8.29. The first-order chi connectivity index (χ1) is 12.3. The number of rotatable bonds is 4. The molecule has 0 aliphatic carbocycles. The number of pyridine rings is 1. The lowest BCUT2D eigenvalue weighted by atomic mass is 10.3. The summed E-state index contributed by atoms with van der Waals surface area (Å²) in [5.41, 5.74) is 0.487. The van der Waals surface area contributed by atoms with E-state index in [0.717, 1.165) is 6.26 Å². The molecule has 2 heterocycles. The Hall–Kier alpha value is -2.68. The quantitative estimate of drug-likeness (QED) is 0.849. The van der Waals surface area contributed by atoms with E-state index in [4.69, 9.17) is 0 Å². The number of hydrogen-bond donors (Lipinski definition) is 2. The number of benzene rings is 1. The third-order valence-electron chi connectivity index (χ3n) is 4.10. The number of halogens is 1. The van der Waals surface area contributed by atoms with Gasteiger partial charge >= 0.3 is 6.03 Å². The van der Waals surface area contributed by atoms with Gasteiger partial charge in [0.1, 0.15) is 0 Å². The summed E-state index contributed by atoms with van der Waals surface area (Å²) in [4.78, 5) is 18.1. The Balaban J connectivity index is 1.55.